The van der Waals surface area contributed by atoms with Crippen molar-refractivity contribution in [1.29, 1.82) is 0 Å². The fraction of sp³-hybridized carbons (Fsp3) is 0.519. The SMILES string of the molecule is CC1CC(C(C)(C)C)CC1C(c1ccc(C(C)(C)C)cc1)C1C2C=C(c3ccccc3)C(C(C)(C)C)=CC2C2C=C(C(C)(C)C)C(c3ccccc3)=CC21. The number of fused-ring (bicyclic) bond motifs is 3. The van der Waals surface area contributed by atoms with E-state index >= 15 is 0 Å². The van der Waals surface area contributed by atoms with Gasteiger partial charge in [-0.1, -0.05) is 199 Å². The Kier molecular flexibility index (Phi) is 10.1. The van der Waals surface area contributed by atoms with Crippen molar-refractivity contribution in [3.05, 3.63) is 143 Å². The predicted octanol–water partition coefficient (Wildman–Crippen LogP) is 15.0. The monoisotopic (exact) mass is 719 g/mol. The molecule has 0 heteroatoms. The van der Waals surface area contributed by atoms with Gasteiger partial charge in [0.2, 0.25) is 0 Å². The molecule has 2 saturated carbocycles. The molecule has 4 aliphatic rings. The summed E-state index contributed by atoms with van der Waals surface area (Å²) in [7, 11) is 0. The number of allylic oxidation sites excluding steroid dienone is 8. The molecule has 0 aliphatic heterocycles. The summed E-state index contributed by atoms with van der Waals surface area (Å²) in [5, 5.41) is 0. The Labute approximate surface area is 330 Å². The highest BCUT2D eigenvalue weighted by Gasteiger charge is 2.56. The Bertz CT molecular complexity index is 1820. The van der Waals surface area contributed by atoms with E-state index in [-0.39, 0.29) is 16.2 Å². The van der Waals surface area contributed by atoms with Crippen LogP contribution in [-0.2, 0) is 5.41 Å². The minimum Gasteiger partial charge on any atom is -0.0758 e. The molecule has 286 valence electrons. The highest BCUT2D eigenvalue weighted by Crippen LogP contribution is 2.64. The van der Waals surface area contributed by atoms with Crippen LogP contribution in [0.4, 0.5) is 0 Å². The topological polar surface area (TPSA) is 0 Å². The van der Waals surface area contributed by atoms with Crippen molar-refractivity contribution in [2.24, 2.45) is 63.6 Å². The van der Waals surface area contributed by atoms with E-state index in [1.807, 2.05) is 0 Å². The minimum absolute atomic E-state index is 0.0403. The third-order valence-corrected chi connectivity index (χ3v) is 14.2. The van der Waals surface area contributed by atoms with Crippen molar-refractivity contribution in [3.8, 4) is 0 Å². The van der Waals surface area contributed by atoms with Crippen LogP contribution in [0.1, 0.15) is 131 Å². The Hall–Kier alpha value is -3.38. The summed E-state index contributed by atoms with van der Waals surface area (Å²) < 4.78 is 0. The van der Waals surface area contributed by atoms with Crippen LogP contribution < -0.4 is 0 Å². The van der Waals surface area contributed by atoms with Crippen LogP contribution in [0.25, 0.3) is 11.1 Å². The summed E-state index contributed by atoms with van der Waals surface area (Å²) in [6, 6.07) is 32.7. The molecule has 0 radical (unpaired) electrons. The maximum atomic E-state index is 2.81. The molecule has 3 aromatic rings. The molecular weight excluding hydrogens is 649 g/mol. The zero-order chi connectivity index (χ0) is 39.0. The van der Waals surface area contributed by atoms with Gasteiger partial charge < -0.3 is 0 Å². The Morgan fingerprint density at radius 3 is 1.30 bits per heavy atom. The average molecular weight is 719 g/mol. The van der Waals surface area contributed by atoms with Gasteiger partial charge in [-0.3, -0.25) is 0 Å². The van der Waals surface area contributed by atoms with Crippen molar-refractivity contribution in [2.45, 2.75) is 114 Å². The van der Waals surface area contributed by atoms with E-state index in [1.165, 1.54) is 51.8 Å². The van der Waals surface area contributed by atoms with Crippen LogP contribution in [0.3, 0.4) is 0 Å². The van der Waals surface area contributed by atoms with Gasteiger partial charge in [-0.2, -0.15) is 0 Å². The van der Waals surface area contributed by atoms with Crippen molar-refractivity contribution in [1.82, 2.24) is 0 Å². The number of hydrogen-bond acceptors (Lipinski definition) is 0. The van der Waals surface area contributed by atoms with Crippen LogP contribution in [0.5, 0.6) is 0 Å². The minimum atomic E-state index is 0.0403. The zero-order valence-electron chi connectivity index (χ0n) is 36.0. The lowest BCUT2D eigenvalue weighted by Crippen LogP contribution is -2.32. The van der Waals surface area contributed by atoms with E-state index in [9.17, 15) is 0 Å². The van der Waals surface area contributed by atoms with Gasteiger partial charge in [-0.25, -0.2) is 0 Å². The summed E-state index contributed by atoms with van der Waals surface area (Å²) in [4.78, 5) is 0. The van der Waals surface area contributed by atoms with Gasteiger partial charge in [-0.15, -0.1) is 0 Å². The van der Waals surface area contributed by atoms with Gasteiger partial charge in [-0.05, 0) is 132 Å². The van der Waals surface area contributed by atoms with E-state index < -0.39 is 0 Å². The van der Waals surface area contributed by atoms with Gasteiger partial charge >= 0.3 is 0 Å². The molecule has 3 aromatic carbocycles. The maximum absolute atomic E-state index is 2.81. The molecule has 0 nitrogen and oxygen atoms in total. The third-order valence-electron chi connectivity index (χ3n) is 14.2. The van der Waals surface area contributed by atoms with Crippen molar-refractivity contribution >= 4 is 11.1 Å². The second kappa shape index (κ2) is 14.0. The predicted molar refractivity (Wildman–Crippen MR) is 234 cm³/mol. The van der Waals surface area contributed by atoms with Gasteiger partial charge in [0.1, 0.15) is 0 Å². The van der Waals surface area contributed by atoms with Crippen LogP contribution in [-0.4, -0.2) is 0 Å². The lowest BCUT2D eigenvalue weighted by molar-refractivity contribution is 0.196. The van der Waals surface area contributed by atoms with Crippen molar-refractivity contribution in [2.75, 3.05) is 0 Å². The number of benzene rings is 3. The van der Waals surface area contributed by atoms with Gasteiger partial charge in [0.25, 0.3) is 0 Å². The molecular formula is C54H70. The molecule has 2 fully saturated rings. The molecule has 0 saturated heterocycles. The maximum Gasteiger partial charge on any atom is -0.00909 e. The molecule has 7 rings (SSSR count). The zero-order valence-corrected chi connectivity index (χ0v) is 36.0. The van der Waals surface area contributed by atoms with E-state index in [1.54, 1.807) is 5.56 Å². The molecule has 0 N–H and O–H groups in total. The molecule has 54 heavy (non-hydrogen) atoms. The standard InChI is InChI=1S/C54H70/c1-34-28-39(52(5,6)7)29-40(34)49(37-24-26-38(27-25-37)51(2,3)4)50-45-30-41(35-20-16-14-17-21-35)47(53(8,9)10)32-43(45)44-33-48(54(11,12)13)42(31-46(44)50)36-22-18-15-19-23-36/h14-27,30-34,39-40,43-46,49-50H,28-29H2,1-13H3. The largest absolute Gasteiger partial charge is 0.0758 e. The summed E-state index contributed by atoms with van der Waals surface area (Å²) in [6.07, 6.45) is 13.8. The summed E-state index contributed by atoms with van der Waals surface area (Å²) in [6.45, 7) is 31.7. The van der Waals surface area contributed by atoms with Crippen LogP contribution in [0.15, 0.2) is 120 Å². The van der Waals surface area contributed by atoms with E-state index in [0.29, 0.717) is 52.8 Å². The number of hydrogen-bond donors (Lipinski definition) is 0. The van der Waals surface area contributed by atoms with Crippen molar-refractivity contribution < 1.29 is 0 Å². The first-order valence-corrected chi connectivity index (χ1v) is 21.3. The van der Waals surface area contributed by atoms with Gasteiger partial charge in [0.15, 0.2) is 0 Å². The van der Waals surface area contributed by atoms with Crippen molar-refractivity contribution in [3.63, 3.8) is 0 Å². The first-order valence-electron chi connectivity index (χ1n) is 21.3. The molecule has 0 heterocycles. The quantitative estimate of drug-likeness (QED) is 0.246. The first-order chi connectivity index (χ1) is 25.2. The fourth-order valence-electron chi connectivity index (χ4n) is 11.3. The molecule has 0 spiro atoms. The Balaban J connectivity index is 1.49. The molecule has 0 amide bonds. The van der Waals surface area contributed by atoms with Gasteiger partial charge in [0.05, 0.1) is 0 Å². The Morgan fingerprint density at radius 2 is 0.926 bits per heavy atom. The lowest BCUT2D eigenvalue weighted by Gasteiger charge is -2.41. The third kappa shape index (κ3) is 7.33. The second-order valence-corrected chi connectivity index (χ2v) is 22.0. The summed E-state index contributed by atoms with van der Waals surface area (Å²) in [5.41, 5.74) is 12.2. The van der Waals surface area contributed by atoms with E-state index in [4.69, 9.17) is 0 Å². The Morgan fingerprint density at radius 1 is 0.481 bits per heavy atom. The molecule has 8 atom stereocenters. The average Bonchev–Trinajstić information content (AvgIpc) is 3.65. The smallest absolute Gasteiger partial charge is 0.00909 e. The number of rotatable bonds is 5. The highest BCUT2D eigenvalue weighted by atomic mass is 14.6. The highest BCUT2D eigenvalue weighted by molar-refractivity contribution is 5.84. The lowest BCUT2D eigenvalue weighted by atomic mass is 9.63. The van der Waals surface area contributed by atoms with Crippen LogP contribution in [0, 0.1) is 63.6 Å². The summed E-state index contributed by atoms with van der Waals surface area (Å²) in [5.74, 6) is 4.82. The van der Waals surface area contributed by atoms with Gasteiger partial charge in [0, 0.05) is 0 Å². The fourth-order valence-corrected chi connectivity index (χ4v) is 11.3. The summed E-state index contributed by atoms with van der Waals surface area (Å²) >= 11 is 0. The second-order valence-electron chi connectivity index (χ2n) is 22.0. The van der Waals surface area contributed by atoms with E-state index in [2.05, 4.69) is 199 Å². The first kappa shape index (κ1) is 38.9. The molecule has 0 aromatic heterocycles. The molecule has 8 unspecified atom stereocenters. The van der Waals surface area contributed by atoms with E-state index in [0.717, 1.165) is 5.92 Å². The van der Waals surface area contributed by atoms with Crippen LogP contribution >= 0.6 is 0 Å². The normalized spacial score (nSPS) is 29.4. The molecule has 4 aliphatic carbocycles. The molecule has 0 bridgehead atoms. The van der Waals surface area contributed by atoms with Crippen LogP contribution in [0.2, 0.25) is 0 Å².